The predicted molar refractivity (Wildman–Crippen MR) is 56.8 cm³/mol. The molecule has 2 aromatic heterocycles. The van der Waals surface area contributed by atoms with E-state index in [-0.39, 0.29) is 0 Å². The molecular formula is C10H13N5. The summed E-state index contributed by atoms with van der Waals surface area (Å²) in [5, 5.41) is 12.6. The van der Waals surface area contributed by atoms with Crippen LogP contribution in [0.3, 0.4) is 0 Å². The summed E-state index contributed by atoms with van der Waals surface area (Å²) < 4.78 is 1.81. The molecule has 5 nitrogen and oxygen atoms in total. The third kappa shape index (κ3) is 1.44. The SMILES string of the molecule is c1cnn2c(N3CCCCC3)nnc2c1. The molecule has 2 aromatic rings. The molecule has 0 unspecified atom stereocenters. The summed E-state index contributed by atoms with van der Waals surface area (Å²) in [6.45, 7) is 2.13. The highest BCUT2D eigenvalue weighted by Crippen LogP contribution is 2.17. The van der Waals surface area contributed by atoms with E-state index in [1.54, 1.807) is 6.20 Å². The van der Waals surface area contributed by atoms with Crippen LogP contribution < -0.4 is 4.90 Å². The molecule has 3 rings (SSSR count). The minimum Gasteiger partial charge on any atom is -0.339 e. The van der Waals surface area contributed by atoms with E-state index >= 15 is 0 Å². The average Bonchev–Trinajstić information content (AvgIpc) is 2.74. The molecule has 78 valence electrons. The van der Waals surface area contributed by atoms with Crippen LogP contribution in [0.1, 0.15) is 19.3 Å². The maximum absolute atomic E-state index is 4.27. The van der Waals surface area contributed by atoms with Crippen molar-refractivity contribution in [2.75, 3.05) is 18.0 Å². The quantitative estimate of drug-likeness (QED) is 0.696. The maximum Gasteiger partial charge on any atom is 0.248 e. The van der Waals surface area contributed by atoms with Crippen molar-refractivity contribution in [1.82, 2.24) is 19.8 Å². The lowest BCUT2D eigenvalue weighted by atomic mass is 10.1. The van der Waals surface area contributed by atoms with Gasteiger partial charge in [0.25, 0.3) is 0 Å². The minimum atomic E-state index is 0.818. The fraction of sp³-hybridized carbons (Fsp3) is 0.500. The van der Waals surface area contributed by atoms with Gasteiger partial charge in [0.15, 0.2) is 5.65 Å². The smallest absolute Gasteiger partial charge is 0.248 e. The first-order chi connectivity index (χ1) is 7.45. The molecule has 0 aromatic carbocycles. The van der Waals surface area contributed by atoms with Crippen LogP contribution >= 0.6 is 0 Å². The second-order valence-electron chi connectivity index (χ2n) is 3.84. The molecular weight excluding hydrogens is 190 g/mol. The molecule has 15 heavy (non-hydrogen) atoms. The third-order valence-electron chi connectivity index (χ3n) is 2.80. The van der Waals surface area contributed by atoms with Crippen molar-refractivity contribution < 1.29 is 0 Å². The Labute approximate surface area is 87.7 Å². The second-order valence-corrected chi connectivity index (χ2v) is 3.84. The van der Waals surface area contributed by atoms with Crippen molar-refractivity contribution in [3.05, 3.63) is 18.3 Å². The molecule has 0 radical (unpaired) electrons. The zero-order chi connectivity index (χ0) is 10.1. The molecule has 0 atom stereocenters. The third-order valence-corrected chi connectivity index (χ3v) is 2.80. The average molecular weight is 203 g/mol. The summed E-state index contributed by atoms with van der Waals surface area (Å²) in [6.07, 6.45) is 5.56. The van der Waals surface area contributed by atoms with Gasteiger partial charge >= 0.3 is 0 Å². The number of rotatable bonds is 1. The summed E-state index contributed by atoms with van der Waals surface area (Å²) in [7, 11) is 0. The summed E-state index contributed by atoms with van der Waals surface area (Å²) in [6, 6.07) is 3.80. The molecule has 1 aliphatic rings. The fourth-order valence-electron chi connectivity index (χ4n) is 2.02. The second kappa shape index (κ2) is 3.49. The van der Waals surface area contributed by atoms with E-state index < -0.39 is 0 Å². The van der Waals surface area contributed by atoms with Gasteiger partial charge in [0, 0.05) is 19.3 Å². The van der Waals surface area contributed by atoms with Gasteiger partial charge in [0.2, 0.25) is 5.95 Å². The van der Waals surface area contributed by atoms with Gasteiger partial charge in [0.1, 0.15) is 0 Å². The summed E-state index contributed by atoms with van der Waals surface area (Å²) in [5.74, 6) is 0.880. The first kappa shape index (κ1) is 8.64. The highest BCUT2D eigenvalue weighted by Gasteiger charge is 2.16. The largest absolute Gasteiger partial charge is 0.339 e. The molecule has 0 saturated carbocycles. The monoisotopic (exact) mass is 203 g/mol. The van der Waals surface area contributed by atoms with Crippen LogP contribution in [0.25, 0.3) is 5.65 Å². The van der Waals surface area contributed by atoms with Gasteiger partial charge in [-0.1, -0.05) is 0 Å². The minimum absolute atomic E-state index is 0.818. The number of hydrogen-bond donors (Lipinski definition) is 0. The molecule has 0 aliphatic carbocycles. The van der Waals surface area contributed by atoms with Crippen molar-refractivity contribution in [1.29, 1.82) is 0 Å². The number of nitrogens with zero attached hydrogens (tertiary/aromatic N) is 5. The van der Waals surface area contributed by atoms with Gasteiger partial charge in [-0.05, 0) is 31.4 Å². The summed E-state index contributed by atoms with van der Waals surface area (Å²) in [5.41, 5.74) is 0.818. The number of fused-ring (bicyclic) bond motifs is 1. The van der Waals surface area contributed by atoms with Crippen molar-refractivity contribution in [3.8, 4) is 0 Å². The lowest BCUT2D eigenvalue weighted by Gasteiger charge is -2.25. The number of piperidine rings is 1. The Balaban J connectivity index is 2.02. The fourth-order valence-corrected chi connectivity index (χ4v) is 2.02. The first-order valence-corrected chi connectivity index (χ1v) is 5.36. The van der Waals surface area contributed by atoms with E-state index in [1.165, 1.54) is 19.3 Å². The van der Waals surface area contributed by atoms with Crippen molar-refractivity contribution in [2.45, 2.75) is 19.3 Å². The summed E-state index contributed by atoms with van der Waals surface area (Å²) >= 11 is 0. The molecule has 1 saturated heterocycles. The Morgan fingerprint density at radius 2 is 1.93 bits per heavy atom. The van der Waals surface area contributed by atoms with E-state index in [1.807, 2.05) is 16.6 Å². The molecule has 0 N–H and O–H groups in total. The first-order valence-electron chi connectivity index (χ1n) is 5.36. The molecule has 1 aliphatic heterocycles. The Bertz CT molecular complexity index is 458. The zero-order valence-electron chi connectivity index (χ0n) is 8.50. The topological polar surface area (TPSA) is 46.3 Å². The molecule has 0 spiro atoms. The highest BCUT2D eigenvalue weighted by atomic mass is 15.5. The molecule has 0 amide bonds. The van der Waals surface area contributed by atoms with Gasteiger partial charge in [-0.25, -0.2) is 0 Å². The Kier molecular flexibility index (Phi) is 2.01. The van der Waals surface area contributed by atoms with Crippen LogP contribution in [0.15, 0.2) is 18.3 Å². The standard InChI is InChI=1S/C10H13N5/c1-2-7-14(8-3-1)10-13-12-9-5-4-6-11-15(9)10/h4-6H,1-3,7-8H2. The Hall–Kier alpha value is -1.65. The zero-order valence-corrected chi connectivity index (χ0v) is 8.50. The number of aromatic nitrogens is 4. The van der Waals surface area contributed by atoms with Crippen molar-refractivity contribution in [3.63, 3.8) is 0 Å². The van der Waals surface area contributed by atoms with E-state index in [0.29, 0.717) is 0 Å². The molecule has 5 heteroatoms. The van der Waals surface area contributed by atoms with Crippen LogP contribution in [0.5, 0.6) is 0 Å². The van der Waals surface area contributed by atoms with Crippen LogP contribution in [-0.4, -0.2) is 32.9 Å². The molecule has 3 heterocycles. The lowest BCUT2D eigenvalue weighted by Crippen LogP contribution is -2.31. The van der Waals surface area contributed by atoms with Gasteiger partial charge < -0.3 is 4.90 Å². The van der Waals surface area contributed by atoms with Gasteiger partial charge in [0.05, 0.1) is 0 Å². The van der Waals surface area contributed by atoms with Gasteiger partial charge in [-0.3, -0.25) is 0 Å². The van der Waals surface area contributed by atoms with E-state index in [4.69, 9.17) is 0 Å². The lowest BCUT2D eigenvalue weighted by molar-refractivity contribution is 0.563. The predicted octanol–water partition coefficient (Wildman–Crippen LogP) is 1.11. The van der Waals surface area contributed by atoms with E-state index in [0.717, 1.165) is 24.7 Å². The highest BCUT2D eigenvalue weighted by molar-refractivity contribution is 5.44. The molecule has 1 fully saturated rings. The van der Waals surface area contributed by atoms with Crippen LogP contribution in [0.4, 0.5) is 5.95 Å². The van der Waals surface area contributed by atoms with Crippen LogP contribution in [-0.2, 0) is 0 Å². The van der Waals surface area contributed by atoms with Gasteiger partial charge in [-0.15, -0.1) is 10.2 Å². The van der Waals surface area contributed by atoms with Crippen molar-refractivity contribution in [2.24, 2.45) is 0 Å². The van der Waals surface area contributed by atoms with E-state index in [2.05, 4.69) is 20.2 Å². The Morgan fingerprint density at radius 1 is 1.07 bits per heavy atom. The van der Waals surface area contributed by atoms with Crippen LogP contribution in [0, 0.1) is 0 Å². The van der Waals surface area contributed by atoms with Crippen molar-refractivity contribution >= 4 is 11.6 Å². The maximum atomic E-state index is 4.27. The van der Waals surface area contributed by atoms with Crippen LogP contribution in [0.2, 0.25) is 0 Å². The number of hydrogen-bond acceptors (Lipinski definition) is 4. The molecule has 0 bridgehead atoms. The Morgan fingerprint density at radius 3 is 2.80 bits per heavy atom. The number of anilines is 1. The normalized spacial score (nSPS) is 17.2. The van der Waals surface area contributed by atoms with E-state index in [9.17, 15) is 0 Å². The van der Waals surface area contributed by atoms with Gasteiger partial charge in [-0.2, -0.15) is 9.61 Å². The summed E-state index contributed by atoms with van der Waals surface area (Å²) in [4.78, 5) is 2.26.